The summed E-state index contributed by atoms with van der Waals surface area (Å²) in [5.74, 6) is -0.0462. The molecule has 2 nitrogen and oxygen atoms in total. The Balaban J connectivity index is 2.43. The molecule has 2 N–H and O–H groups in total. The van der Waals surface area contributed by atoms with Crippen molar-refractivity contribution in [2.75, 3.05) is 0 Å². The van der Waals surface area contributed by atoms with Crippen LogP contribution in [-0.2, 0) is 0 Å². The first kappa shape index (κ1) is 14.2. The first-order chi connectivity index (χ1) is 8.97. The highest BCUT2D eigenvalue weighted by Gasteiger charge is 2.11. The van der Waals surface area contributed by atoms with E-state index < -0.39 is 5.82 Å². The maximum Gasteiger partial charge on any atom is 0.165 e. The third-order valence-corrected chi connectivity index (χ3v) is 3.27. The van der Waals surface area contributed by atoms with Crippen molar-refractivity contribution in [1.29, 1.82) is 0 Å². The van der Waals surface area contributed by atoms with E-state index in [-0.39, 0.29) is 10.7 Å². The molecule has 2 aromatic rings. The SMILES string of the molecule is NC(=S)c1cc(Cl)ccc1Oc1cc(Br)ccc1F. The van der Waals surface area contributed by atoms with Gasteiger partial charge in [0, 0.05) is 9.50 Å². The highest BCUT2D eigenvalue weighted by molar-refractivity contribution is 9.10. The molecule has 0 radical (unpaired) electrons. The monoisotopic (exact) mass is 359 g/mol. The number of ether oxygens (including phenoxy) is 1. The van der Waals surface area contributed by atoms with Crippen molar-refractivity contribution in [3.8, 4) is 11.5 Å². The lowest BCUT2D eigenvalue weighted by Crippen LogP contribution is -2.10. The number of benzene rings is 2. The highest BCUT2D eigenvalue weighted by Crippen LogP contribution is 2.31. The van der Waals surface area contributed by atoms with Gasteiger partial charge in [0.2, 0.25) is 0 Å². The van der Waals surface area contributed by atoms with Crippen molar-refractivity contribution in [2.24, 2.45) is 5.73 Å². The third-order valence-electron chi connectivity index (χ3n) is 2.32. The molecule has 0 unspecified atom stereocenters. The standard InChI is InChI=1S/C13H8BrClFNOS/c14-7-1-3-10(16)12(5-7)18-11-4-2-8(15)6-9(11)13(17)19/h1-6H,(H2,17,19). The molecule has 19 heavy (non-hydrogen) atoms. The molecule has 0 saturated heterocycles. The number of nitrogens with two attached hydrogens (primary N) is 1. The van der Waals surface area contributed by atoms with Gasteiger partial charge in [0.15, 0.2) is 11.6 Å². The van der Waals surface area contributed by atoms with Crippen LogP contribution in [-0.4, -0.2) is 4.99 Å². The van der Waals surface area contributed by atoms with Crippen LogP contribution in [0.15, 0.2) is 40.9 Å². The average molecular weight is 361 g/mol. The summed E-state index contributed by atoms with van der Waals surface area (Å²) in [7, 11) is 0. The van der Waals surface area contributed by atoms with Crippen molar-refractivity contribution in [3.63, 3.8) is 0 Å². The van der Waals surface area contributed by atoms with E-state index in [1.807, 2.05) is 0 Å². The minimum Gasteiger partial charge on any atom is -0.454 e. The van der Waals surface area contributed by atoms with Crippen LogP contribution in [0.1, 0.15) is 5.56 Å². The van der Waals surface area contributed by atoms with Crippen LogP contribution < -0.4 is 10.5 Å². The zero-order valence-electron chi connectivity index (χ0n) is 9.49. The molecule has 2 aromatic carbocycles. The predicted molar refractivity (Wildman–Crippen MR) is 81.5 cm³/mol. The van der Waals surface area contributed by atoms with Gasteiger partial charge in [-0.1, -0.05) is 39.7 Å². The van der Waals surface area contributed by atoms with Crippen LogP contribution in [0.3, 0.4) is 0 Å². The average Bonchev–Trinajstić information content (AvgIpc) is 2.35. The van der Waals surface area contributed by atoms with Crippen molar-refractivity contribution < 1.29 is 9.13 Å². The quantitative estimate of drug-likeness (QED) is 0.808. The lowest BCUT2D eigenvalue weighted by Gasteiger charge is -2.11. The lowest BCUT2D eigenvalue weighted by molar-refractivity contribution is 0.441. The second kappa shape index (κ2) is 5.86. The van der Waals surface area contributed by atoms with Gasteiger partial charge < -0.3 is 10.5 Å². The van der Waals surface area contributed by atoms with Crippen LogP contribution in [0.5, 0.6) is 11.5 Å². The van der Waals surface area contributed by atoms with E-state index >= 15 is 0 Å². The van der Waals surface area contributed by atoms with Crippen molar-refractivity contribution in [2.45, 2.75) is 0 Å². The summed E-state index contributed by atoms with van der Waals surface area (Å²) < 4.78 is 19.8. The molecule has 0 spiro atoms. The zero-order chi connectivity index (χ0) is 14.0. The van der Waals surface area contributed by atoms with Gasteiger partial charge in [0.1, 0.15) is 10.7 Å². The van der Waals surface area contributed by atoms with E-state index in [0.29, 0.717) is 20.8 Å². The number of thiocarbonyl (C=S) groups is 1. The normalized spacial score (nSPS) is 10.3. The minimum atomic E-state index is -0.480. The van der Waals surface area contributed by atoms with Crippen molar-refractivity contribution in [3.05, 3.63) is 57.3 Å². The molecular weight excluding hydrogens is 353 g/mol. The molecule has 0 aliphatic rings. The summed E-state index contributed by atoms with van der Waals surface area (Å²) in [6.45, 7) is 0. The van der Waals surface area contributed by atoms with Crippen LogP contribution in [0.25, 0.3) is 0 Å². The maximum absolute atomic E-state index is 13.6. The molecule has 0 aliphatic heterocycles. The Bertz CT molecular complexity index is 651. The highest BCUT2D eigenvalue weighted by atomic mass is 79.9. The summed E-state index contributed by atoms with van der Waals surface area (Å²) in [4.78, 5) is 0.132. The van der Waals surface area contributed by atoms with Gasteiger partial charge in [-0.15, -0.1) is 0 Å². The molecule has 0 fully saturated rings. The largest absolute Gasteiger partial charge is 0.454 e. The van der Waals surface area contributed by atoms with Gasteiger partial charge in [0.05, 0.1) is 5.56 Å². The van der Waals surface area contributed by atoms with E-state index in [2.05, 4.69) is 15.9 Å². The molecule has 0 bridgehead atoms. The molecule has 2 rings (SSSR count). The first-order valence-corrected chi connectivity index (χ1v) is 6.77. The van der Waals surface area contributed by atoms with Crippen molar-refractivity contribution >= 4 is 44.7 Å². The third kappa shape index (κ3) is 3.43. The molecule has 6 heteroatoms. The number of hydrogen-bond acceptors (Lipinski definition) is 2. The number of hydrogen-bond donors (Lipinski definition) is 1. The summed E-state index contributed by atoms with van der Waals surface area (Å²) in [5.41, 5.74) is 6.05. The topological polar surface area (TPSA) is 35.2 Å². The van der Waals surface area contributed by atoms with Crippen LogP contribution >= 0.6 is 39.7 Å². The Labute approximate surface area is 128 Å². The van der Waals surface area contributed by atoms with Crippen LogP contribution in [0.2, 0.25) is 5.02 Å². The fraction of sp³-hybridized carbons (Fsp3) is 0. The van der Waals surface area contributed by atoms with Gasteiger partial charge in [-0.2, -0.15) is 0 Å². The summed E-state index contributed by atoms with van der Waals surface area (Å²) in [6, 6.07) is 9.20. The number of rotatable bonds is 3. The zero-order valence-corrected chi connectivity index (χ0v) is 12.7. The Kier molecular flexibility index (Phi) is 4.39. The van der Waals surface area contributed by atoms with E-state index in [1.165, 1.54) is 12.1 Å². The Hall–Kier alpha value is -1.17. The fourth-order valence-corrected chi connectivity index (χ4v) is 2.13. The fourth-order valence-electron chi connectivity index (χ4n) is 1.46. The van der Waals surface area contributed by atoms with Gasteiger partial charge in [-0.25, -0.2) is 4.39 Å². The molecule has 0 aromatic heterocycles. The van der Waals surface area contributed by atoms with E-state index in [9.17, 15) is 4.39 Å². The lowest BCUT2D eigenvalue weighted by atomic mass is 10.2. The molecule has 0 amide bonds. The van der Waals surface area contributed by atoms with E-state index in [1.54, 1.807) is 24.3 Å². The molecule has 0 heterocycles. The molecule has 0 aliphatic carbocycles. The van der Waals surface area contributed by atoms with Crippen LogP contribution in [0.4, 0.5) is 4.39 Å². The number of halogens is 3. The second-order valence-corrected chi connectivity index (χ2v) is 5.47. The van der Waals surface area contributed by atoms with Gasteiger partial charge in [-0.3, -0.25) is 0 Å². The Morgan fingerprint density at radius 2 is 1.95 bits per heavy atom. The smallest absolute Gasteiger partial charge is 0.165 e. The second-order valence-electron chi connectivity index (χ2n) is 3.68. The molecule has 0 saturated carbocycles. The van der Waals surface area contributed by atoms with Crippen molar-refractivity contribution in [1.82, 2.24) is 0 Å². The van der Waals surface area contributed by atoms with Gasteiger partial charge >= 0.3 is 0 Å². The summed E-state index contributed by atoms with van der Waals surface area (Å²) >= 11 is 14.0. The predicted octanol–water partition coefficient (Wildman–Crippen LogP) is 4.67. The maximum atomic E-state index is 13.6. The van der Waals surface area contributed by atoms with E-state index in [0.717, 1.165) is 0 Å². The van der Waals surface area contributed by atoms with Gasteiger partial charge in [0.25, 0.3) is 0 Å². The summed E-state index contributed by atoms with van der Waals surface area (Å²) in [5, 5.41) is 0.477. The summed E-state index contributed by atoms with van der Waals surface area (Å²) in [6.07, 6.45) is 0. The molecular formula is C13H8BrClFNOS. The van der Waals surface area contributed by atoms with Gasteiger partial charge in [-0.05, 0) is 36.4 Å². The molecule has 0 atom stereocenters. The van der Waals surface area contributed by atoms with E-state index in [4.69, 9.17) is 34.3 Å². The Morgan fingerprint density at radius 1 is 1.21 bits per heavy atom. The minimum absolute atomic E-state index is 0.0780. The Morgan fingerprint density at radius 3 is 2.63 bits per heavy atom. The first-order valence-electron chi connectivity index (χ1n) is 5.19. The van der Waals surface area contributed by atoms with Crippen LogP contribution in [0, 0.1) is 5.82 Å². The molecule has 98 valence electrons.